The van der Waals surface area contributed by atoms with Crippen molar-refractivity contribution in [3.05, 3.63) is 58.9 Å². The van der Waals surface area contributed by atoms with E-state index in [4.69, 9.17) is 0 Å². The van der Waals surface area contributed by atoms with Crippen LogP contribution in [0.2, 0.25) is 0 Å². The molecule has 0 radical (unpaired) electrons. The molecule has 3 rings (SSSR count). The molecule has 24 heavy (non-hydrogen) atoms. The minimum Gasteiger partial charge on any atom is -0.347 e. The largest absolute Gasteiger partial charge is 0.416 e. The number of rotatable bonds is 2. The summed E-state index contributed by atoms with van der Waals surface area (Å²) in [5.74, 6) is -1.81. The molecule has 0 saturated heterocycles. The predicted octanol–water partition coefficient (Wildman–Crippen LogP) is 3.32. The highest BCUT2D eigenvalue weighted by Gasteiger charge is 2.30. The first-order valence-corrected chi connectivity index (χ1v) is 7.19. The van der Waals surface area contributed by atoms with Crippen LogP contribution in [-0.4, -0.2) is 27.3 Å². The maximum absolute atomic E-state index is 14.1. The van der Waals surface area contributed by atoms with Gasteiger partial charge in [0.05, 0.1) is 29.8 Å². The van der Waals surface area contributed by atoms with E-state index in [0.717, 1.165) is 41.7 Å². The third-order valence-corrected chi connectivity index (χ3v) is 3.80. The molecule has 0 saturated carbocycles. The molecule has 1 aliphatic heterocycles. The lowest BCUT2D eigenvalue weighted by atomic mass is 10.1. The zero-order chi connectivity index (χ0) is 17.3. The van der Waals surface area contributed by atoms with Gasteiger partial charge >= 0.3 is 6.18 Å². The second-order valence-corrected chi connectivity index (χ2v) is 5.42. The van der Waals surface area contributed by atoms with Crippen LogP contribution in [-0.2, 0) is 23.9 Å². The van der Waals surface area contributed by atoms with Crippen molar-refractivity contribution < 1.29 is 22.4 Å². The van der Waals surface area contributed by atoms with Crippen molar-refractivity contribution in [2.75, 3.05) is 6.54 Å². The van der Waals surface area contributed by atoms with Crippen LogP contribution in [0.15, 0.2) is 36.4 Å². The van der Waals surface area contributed by atoms with Gasteiger partial charge in [0.2, 0.25) is 0 Å². The summed E-state index contributed by atoms with van der Waals surface area (Å²) in [5, 5.41) is 0. The summed E-state index contributed by atoms with van der Waals surface area (Å²) in [7, 11) is 0. The van der Waals surface area contributed by atoms with Gasteiger partial charge in [0.15, 0.2) is 5.83 Å². The van der Waals surface area contributed by atoms with Gasteiger partial charge in [-0.3, -0.25) is 4.79 Å². The molecule has 2 heterocycles. The monoisotopic (exact) mass is 339 g/mol. The average Bonchev–Trinajstić information content (AvgIpc) is 3.01. The number of alkyl halides is 3. The van der Waals surface area contributed by atoms with Gasteiger partial charge in [-0.1, -0.05) is 12.1 Å². The van der Waals surface area contributed by atoms with Gasteiger partial charge < -0.3 is 9.88 Å². The number of aromatic amines is 1. The Labute approximate surface area is 134 Å². The maximum Gasteiger partial charge on any atom is 0.416 e. The number of carbonyl (C=O) groups is 1. The molecule has 8 heteroatoms. The fraction of sp³-hybridized carbons (Fsp3) is 0.250. The summed E-state index contributed by atoms with van der Waals surface area (Å²) in [6.07, 6.45) is -1.47. The molecule has 1 N–H and O–H groups in total. The van der Waals surface area contributed by atoms with E-state index in [1.54, 1.807) is 0 Å². The lowest BCUT2D eigenvalue weighted by Gasteiger charge is -2.25. The lowest BCUT2D eigenvalue weighted by Crippen LogP contribution is -2.36. The van der Waals surface area contributed by atoms with Gasteiger partial charge in [-0.15, -0.1) is 0 Å². The highest BCUT2D eigenvalue weighted by Crippen LogP contribution is 2.29. The fourth-order valence-corrected chi connectivity index (χ4v) is 2.51. The Morgan fingerprint density at radius 2 is 1.96 bits per heavy atom. The number of H-pyrrole nitrogens is 1. The minimum absolute atomic E-state index is 0.188. The number of fused-ring (bicyclic) bond motifs is 1. The quantitative estimate of drug-likeness (QED) is 0.674. The van der Waals surface area contributed by atoms with Gasteiger partial charge in [0.1, 0.15) is 0 Å². The van der Waals surface area contributed by atoms with E-state index >= 15 is 0 Å². The number of amides is 1. The molecule has 0 aliphatic carbocycles. The molecule has 126 valence electrons. The van der Waals surface area contributed by atoms with Crippen molar-refractivity contribution >= 4 is 12.0 Å². The van der Waals surface area contributed by atoms with E-state index in [1.165, 1.54) is 11.2 Å². The van der Waals surface area contributed by atoms with Crippen molar-refractivity contribution in [1.29, 1.82) is 0 Å². The van der Waals surface area contributed by atoms with Gasteiger partial charge in [-0.2, -0.15) is 13.2 Å². The number of aromatic nitrogens is 2. The molecular formula is C16H13F4N3O. The van der Waals surface area contributed by atoms with Gasteiger partial charge in [-0.05, 0) is 23.8 Å². The van der Waals surface area contributed by atoms with Crippen LogP contribution in [0.4, 0.5) is 17.6 Å². The molecule has 0 spiro atoms. The first-order chi connectivity index (χ1) is 11.3. The summed E-state index contributed by atoms with van der Waals surface area (Å²) in [6, 6.07) is 3.94. The number of halogens is 4. The SMILES string of the molecule is O=C(/C(F)=C/c1ccc(C(F)(F)F)cc1)N1CCc2nc[nH]c2C1. The highest BCUT2D eigenvalue weighted by atomic mass is 19.4. The summed E-state index contributed by atoms with van der Waals surface area (Å²) in [5.41, 5.74) is 0.977. The van der Waals surface area contributed by atoms with Crippen molar-refractivity contribution in [2.24, 2.45) is 0 Å². The zero-order valence-corrected chi connectivity index (χ0v) is 12.4. The van der Waals surface area contributed by atoms with Crippen LogP contribution in [0.1, 0.15) is 22.5 Å². The van der Waals surface area contributed by atoms with E-state index in [9.17, 15) is 22.4 Å². The first-order valence-electron chi connectivity index (χ1n) is 7.19. The molecule has 4 nitrogen and oxygen atoms in total. The molecule has 1 aromatic carbocycles. The number of benzene rings is 1. The number of hydrogen-bond donors (Lipinski definition) is 1. The Balaban J connectivity index is 1.72. The molecule has 1 amide bonds. The van der Waals surface area contributed by atoms with Crippen LogP contribution in [0.3, 0.4) is 0 Å². The number of imidazole rings is 1. The number of nitrogens with zero attached hydrogens (tertiary/aromatic N) is 2. The van der Waals surface area contributed by atoms with E-state index in [2.05, 4.69) is 9.97 Å². The van der Waals surface area contributed by atoms with E-state index < -0.39 is 23.5 Å². The molecule has 1 aliphatic rings. The summed E-state index contributed by atoms with van der Waals surface area (Å²) in [6.45, 7) is 0.563. The first kappa shape index (κ1) is 16.2. The molecule has 0 fully saturated rings. The molecule has 0 bridgehead atoms. The van der Waals surface area contributed by atoms with Crippen molar-refractivity contribution in [2.45, 2.75) is 19.1 Å². The third kappa shape index (κ3) is 3.32. The molecule has 0 unspecified atom stereocenters. The van der Waals surface area contributed by atoms with Gasteiger partial charge in [-0.25, -0.2) is 9.37 Å². The summed E-state index contributed by atoms with van der Waals surface area (Å²) < 4.78 is 51.6. The van der Waals surface area contributed by atoms with Crippen LogP contribution in [0, 0.1) is 0 Å². The Morgan fingerprint density at radius 1 is 1.25 bits per heavy atom. The Kier molecular flexibility index (Phi) is 4.13. The summed E-state index contributed by atoms with van der Waals surface area (Å²) in [4.78, 5) is 20.5. The predicted molar refractivity (Wildman–Crippen MR) is 78.2 cm³/mol. The highest BCUT2D eigenvalue weighted by molar-refractivity contribution is 5.95. The molecule has 2 aromatic rings. The number of hydrogen-bond acceptors (Lipinski definition) is 2. The Bertz CT molecular complexity index is 777. The Morgan fingerprint density at radius 3 is 2.62 bits per heavy atom. The van der Waals surface area contributed by atoms with E-state index in [-0.39, 0.29) is 12.1 Å². The van der Waals surface area contributed by atoms with Crippen molar-refractivity contribution in [3.8, 4) is 0 Å². The fourth-order valence-electron chi connectivity index (χ4n) is 2.51. The zero-order valence-electron chi connectivity index (χ0n) is 12.4. The number of nitrogens with one attached hydrogen (secondary N) is 1. The lowest BCUT2D eigenvalue weighted by molar-refractivity contribution is -0.137. The number of carbonyl (C=O) groups excluding carboxylic acids is 1. The van der Waals surface area contributed by atoms with Gasteiger partial charge in [0, 0.05) is 13.0 Å². The normalized spacial score (nSPS) is 15.3. The smallest absolute Gasteiger partial charge is 0.347 e. The van der Waals surface area contributed by atoms with Crippen LogP contribution in [0.5, 0.6) is 0 Å². The third-order valence-electron chi connectivity index (χ3n) is 3.80. The average molecular weight is 339 g/mol. The van der Waals surface area contributed by atoms with Crippen molar-refractivity contribution in [3.63, 3.8) is 0 Å². The summed E-state index contributed by atoms with van der Waals surface area (Å²) >= 11 is 0. The van der Waals surface area contributed by atoms with E-state index in [0.29, 0.717) is 13.0 Å². The minimum atomic E-state index is -4.45. The van der Waals surface area contributed by atoms with Crippen LogP contribution >= 0.6 is 0 Å². The second-order valence-electron chi connectivity index (χ2n) is 5.42. The Hall–Kier alpha value is -2.64. The van der Waals surface area contributed by atoms with E-state index in [1.807, 2.05) is 0 Å². The van der Waals surface area contributed by atoms with Crippen molar-refractivity contribution in [1.82, 2.24) is 14.9 Å². The van der Waals surface area contributed by atoms with Crippen LogP contribution < -0.4 is 0 Å². The molecule has 0 atom stereocenters. The topological polar surface area (TPSA) is 49.0 Å². The van der Waals surface area contributed by atoms with Gasteiger partial charge in [0.25, 0.3) is 5.91 Å². The molecule has 1 aromatic heterocycles. The maximum atomic E-state index is 14.1. The second kappa shape index (κ2) is 6.10. The standard InChI is InChI=1S/C16H13F4N3O/c17-12(7-10-1-3-11(4-2-10)16(18,19)20)15(24)23-6-5-13-14(8-23)22-9-21-13/h1-4,7,9H,5-6,8H2,(H,21,22)/b12-7-. The van der Waals surface area contributed by atoms with Crippen LogP contribution in [0.25, 0.3) is 6.08 Å². The molecular weight excluding hydrogens is 326 g/mol.